The van der Waals surface area contributed by atoms with Crippen LogP contribution < -0.4 is 36.7 Å². The summed E-state index contributed by atoms with van der Waals surface area (Å²) < 4.78 is 88.9. The fraction of sp³-hybridized carbons (Fsp3) is 0.273. The molecule has 0 saturated heterocycles. The zero-order chi connectivity index (χ0) is 37.7. The first-order valence-electron chi connectivity index (χ1n) is 15.5. The number of nitrogens with zero attached hydrogens (tertiary/aromatic N) is 2. The van der Waals surface area contributed by atoms with E-state index in [1.54, 1.807) is 24.3 Å². The highest BCUT2D eigenvalue weighted by molar-refractivity contribution is 5.99. The lowest BCUT2D eigenvalue weighted by Crippen LogP contribution is -2.28. The van der Waals surface area contributed by atoms with Gasteiger partial charge in [-0.1, -0.05) is 48.5 Å². The van der Waals surface area contributed by atoms with E-state index in [4.69, 9.17) is 10.5 Å². The van der Waals surface area contributed by atoms with Gasteiger partial charge in [-0.3, -0.25) is 25.3 Å². The van der Waals surface area contributed by atoms with Crippen LogP contribution in [-0.4, -0.2) is 66.0 Å². The van der Waals surface area contributed by atoms with Gasteiger partial charge in [0.05, 0.1) is 23.5 Å². The maximum atomic E-state index is 12.8. The minimum Gasteiger partial charge on any atom is -0.449 e. The summed E-state index contributed by atoms with van der Waals surface area (Å²) in [6.45, 7) is 2.02. The number of H-pyrrole nitrogens is 1. The van der Waals surface area contributed by atoms with Gasteiger partial charge in [0.1, 0.15) is 0 Å². The summed E-state index contributed by atoms with van der Waals surface area (Å²) in [5, 5.41) is 6.71. The molecule has 0 fully saturated rings. The number of hydrogen-bond donors (Lipinski definition) is 5. The number of para-hydroxylation sites is 4. The van der Waals surface area contributed by atoms with Crippen molar-refractivity contribution in [1.29, 1.82) is 0 Å². The maximum Gasteiger partial charge on any atom is 0.573 e. The van der Waals surface area contributed by atoms with Crippen LogP contribution in [-0.2, 0) is 11.3 Å². The standard InChI is InChI=1S/C33H33F6N7O6/c34-32(35,36)51-26-9-3-1-7-24(26)42-30(48)45-29-41-19-23(28(47)44-29)22-13-11-21(12-14-22)20-46(16-5-15-40)17-6-18-50-31(49)43-25-8-2-4-10-27(25)52-33(37,38)39/h1-4,7-14,19H,5-6,15-18,20,40H2,(H,43,49)(H3,41,42,44,45,47,48). The predicted octanol–water partition coefficient (Wildman–Crippen LogP) is 6.67. The van der Waals surface area contributed by atoms with E-state index in [2.05, 4.69) is 40.3 Å². The number of hydrogen-bond acceptors (Lipinski definition) is 9. The van der Waals surface area contributed by atoms with Crippen LogP contribution in [0.1, 0.15) is 18.4 Å². The van der Waals surface area contributed by atoms with Crippen LogP contribution in [0.4, 0.5) is 53.3 Å². The summed E-state index contributed by atoms with van der Waals surface area (Å²) in [5.74, 6) is -1.46. The number of urea groups is 1. The third-order valence-electron chi connectivity index (χ3n) is 6.94. The highest BCUT2D eigenvalue weighted by Crippen LogP contribution is 2.31. The molecule has 0 atom stereocenters. The molecule has 1 aromatic heterocycles. The number of anilines is 3. The van der Waals surface area contributed by atoms with Gasteiger partial charge in [0.2, 0.25) is 5.95 Å². The van der Waals surface area contributed by atoms with Gasteiger partial charge < -0.3 is 25.3 Å². The molecule has 3 aromatic carbocycles. The van der Waals surface area contributed by atoms with E-state index in [-0.39, 0.29) is 29.5 Å². The monoisotopic (exact) mass is 737 g/mol. The van der Waals surface area contributed by atoms with E-state index >= 15 is 0 Å². The molecule has 4 aromatic rings. The van der Waals surface area contributed by atoms with Crippen molar-refractivity contribution in [1.82, 2.24) is 14.9 Å². The first-order chi connectivity index (χ1) is 24.7. The van der Waals surface area contributed by atoms with Crippen LogP contribution in [0.2, 0.25) is 0 Å². The number of aromatic nitrogens is 2. The van der Waals surface area contributed by atoms with Gasteiger partial charge in [0.25, 0.3) is 5.56 Å². The van der Waals surface area contributed by atoms with E-state index in [0.29, 0.717) is 44.6 Å². The number of nitrogens with two attached hydrogens (primary N) is 1. The molecular weight excluding hydrogens is 704 g/mol. The van der Waals surface area contributed by atoms with Gasteiger partial charge in [0, 0.05) is 19.3 Å². The van der Waals surface area contributed by atoms with Crippen molar-refractivity contribution in [2.45, 2.75) is 32.1 Å². The molecule has 0 unspecified atom stereocenters. The summed E-state index contributed by atoms with van der Waals surface area (Å²) in [7, 11) is 0. The lowest BCUT2D eigenvalue weighted by atomic mass is 10.1. The quantitative estimate of drug-likeness (QED) is 0.0660. The second-order valence-electron chi connectivity index (χ2n) is 10.9. The van der Waals surface area contributed by atoms with Crippen molar-refractivity contribution in [2.24, 2.45) is 5.73 Å². The van der Waals surface area contributed by atoms with Crippen LogP contribution in [0.5, 0.6) is 11.5 Å². The summed E-state index contributed by atoms with van der Waals surface area (Å²) >= 11 is 0. The van der Waals surface area contributed by atoms with Crippen LogP contribution in [0.25, 0.3) is 11.1 Å². The fourth-order valence-corrected chi connectivity index (χ4v) is 4.72. The number of rotatable bonds is 15. The number of amides is 3. The van der Waals surface area contributed by atoms with Gasteiger partial charge >= 0.3 is 24.8 Å². The van der Waals surface area contributed by atoms with Crippen LogP contribution in [0, 0.1) is 0 Å². The fourth-order valence-electron chi connectivity index (χ4n) is 4.72. The number of nitrogens with one attached hydrogen (secondary N) is 4. The number of carbonyl (C=O) groups is 2. The maximum absolute atomic E-state index is 12.8. The van der Waals surface area contributed by atoms with E-state index in [1.807, 2.05) is 0 Å². The van der Waals surface area contributed by atoms with Crippen LogP contribution in [0.15, 0.2) is 83.8 Å². The molecule has 4 rings (SSSR count). The summed E-state index contributed by atoms with van der Waals surface area (Å²) in [4.78, 5) is 45.9. The lowest BCUT2D eigenvalue weighted by molar-refractivity contribution is -0.275. The molecule has 52 heavy (non-hydrogen) atoms. The Morgan fingerprint density at radius 2 is 1.37 bits per heavy atom. The Kier molecular flexibility index (Phi) is 13.4. The van der Waals surface area contributed by atoms with E-state index in [0.717, 1.165) is 17.7 Å². The van der Waals surface area contributed by atoms with Gasteiger partial charge in [-0.15, -0.1) is 26.3 Å². The Morgan fingerprint density at radius 3 is 1.94 bits per heavy atom. The molecule has 278 valence electrons. The normalized spacial score (nSPS) is 11.5. The van der Waals surface area contributed by atoms with Crippen molar-refractivity contribution in [3.8, 4) is 22.6 Å². The molecule has 3 amide bonds. The molecule has 1 heterocycles. The average Bonchev–Trinajstić information content (AvgIpc) is 3.06. The molecule has 0 radical (unpaired) electrons. The number of alkyl halides is 6. The first kappa shape index (κ1) is 39.0. The highest BCUT2D eigenvalue weighted by Gasteiger charge is 2.33. The first-order valence-corrected chi connectivity index (χ1v) is 15.5. The number of aromatic amines is 1. The van der Waals surface area contributed by atoms with Gasteiger partial charge in [-0.05, 0) is 61.3 Å². The van der Waals surface area contributed by atoms with E-state index in [9.17, 15) is 40.7 Å². The molecule has 0 bridgehead atoms. The summed E-state index contributed by atoms with van der Waals surface area (Å²) in [6, 6.07) is 16.0. The van der Waals surface area contributed by atoms with Gasteiger partial charge in [-0.25, -0.2) is 14.6 Å². The average molecular weight is 738 g/mol. The Morgan fingerprint density at radius 1 is 0.788 bits per heavy atom. The van der Waals surface area contributed by atoms with E-state index in [1.165, 1.54) is 42.6 Å². The van der Waals surface area contributed by atoms with Crippen molar-refractivity contribution >= 4 is 29.4 Å². The van der Waals surface area contributed by atoms with Gasteiger partial charge in [-0.2, -0.15) is 0 Å². The summed E-state index contributed by atoms with van der Waals surface area (Å²) in [5.41, 5.74) is 6.22. The van der Waals surface area contributed by atoms with Crippen LogP contribution >= 0.6 is 0 Å². The third-order valence-corrected chi connectivity index (χ3v) is 6.94. The largest absolute Gasteiger partial charge is 0.573 e. The van der Waals surface area contributed by atoms with Crippen molar-refractivity contribution in [3.63, 3.8) is 0 Å². The Labute approximate surface area is 292 Å². The van der Waals surface area contributed by atoms with Crippen molar-refractivity contribution < 1.29 is 50.1 Å². The number of benzene rings is 3. The zero-order valence-electron chi connectivity index (χ0n) is 27.1. The summed E-state index contributed by atoms with van der Waals surface area (Å²) in [6.07, 6.45) is -8.53. The van der Waals surface area contributed by atoms with Crippen LogP contribution in [0.3, 0.4) is 0 Å². The molecule has 13 nitrogen and oxygen atoms in total. The van der Waals surface area contributed by atoms with Gasteiger partial charge in [0.15, 0.2) is 11.5 Å². The third kappa shape index (κ3) is 12.8. The number of ether oxygens (including phenoxy) is 3. The highest BCUT2D eigenvalue weighted by atomic mass is 19.4. The second kappa shape index (κ2) is 17.9. The minimum atomic E-state index is -4.98. The predicted molar refractivity (Wildman–Crippen MR) is 178 cm³/mol. The Bertz CT molecular complexity index is 1850. The molecular formula is C33H33F6N7O6. The zero-order valence-corrected chi connectivity index (χ0v) is 27.1. The molecule has 0 aliphatic carbocycles. The molecule has 0 spiro atoms. The molecule has 0 aliphatic rings. The van der Waals surface area contributed by atoms with Crippen molar-refractivity contribution in [2.75, 3.05) is 42.2 Å². The SMILES string of the molecule is NCCCN(CCCOC(=O)Nc1ccccc1OC(F)(F)F)Cc1ccc(-c2cnc(NC(=O)Nc3ccccc3OC(F)(F)F)[nH]c2=O)cc1. The van der Waals surface area contributed by atoms with Crippen molar-refractivity contribution in [3.05, 3.63) is 94.9 Å². The number of halogens is 6. The second-order valence-corrected chi connectivity index (χ2v) is 10.9. The molecule has 0 aliphatic heterocycles. The Balaban J connectivity index is 1.29. The Hall–Kier alpha value is -5.82. The smallest absolute Gasteiger partial charge is 0.449 e. The number of carbonyl (C=O) groups excluding carboxylic acids is 2. The lowest BCUT2D eigenvalue weighted by Gasteiger charge is -2.22. The van der Waals surface area contributed by atoms with E-state index < -0.39 is 41.9 Å². The molecule has 6 N–H and O–H groups in total. The molecule has 19 heteroatoms. The molecule has 0 saturated carbocycles. The topological polar surface area (TPSA) is 173 Å². The minimum absolute atomic E-state index is 0.0196.